The van der Waals surface area contributed by atoms with Crippen LogP contribution in [0.25, 0.3) is 5.57 Å². The number of hydrogen-bond acceptors (Lipinski definition) is 2. The lowest BCUT2D eigenvalue weighted by Crippen LogP contribution is -1.97. The highest BCUT2D eigenvalue weighted by atomic mass is 32.2. The lowest BCUT2D eigenvalue weighted by molar-refractivity contribution is 0.602. The van der Waals surface area contributed by atoms with Crippen molar-refractivity contribution in [3.8, 4) is 0 Å². The summed E-state index contributed by atoms with van der Waals surface area (Å²) in [6, 6.07) is 7.34. The minimum atomic E-state index is -3.11. The number of sulfone groups is 1. The van der Waals surface area contributed by atoms with E-state index in [-0.39, 0.29) is 0 Å². The minimum Gasteiger partial charge on any atom is -0.224 e. The zero-order valence-electron chi connectivity index (χ0n) is 13.1. The molecule has 0 heterocycles. The summed E-state index contributed by atoms with van der Waals surface area (Å²) in [6.45, 7) is 4.39. The van der Waals surface area contributed by atoms with Crippen molar-refractivity contribution in [1.29, 1.82) is 0 Å². The Morgan fingerprint density at radius 2 is 1.86 bits per heavy atom. The summed E-state index contributed by atoms with van der Waals surface area (Å²) in [5, 5.41) is 0. The molecule has 0 aliphatic heterocycles. The molecule has 0 bridgehead atoms. The average molecular weight is 304 g/mol. The third-order valence-corrected chi connectivity index (χ3v) is 5.19. The summed E-state index contributed by atoms with van der Waals surface area (Å²) in [4.78, 5) is 0.393. The Kier molecular flexibility index (Phi) is 5.04. The van der Waals surface area contributed by atoms with Gasteiger partial charge in [-0.1, -0.05) is 37.1 Å². The van der Waals surface area contributed by atoms with E-state index in [1.165, 1.54) is 41.4 Å². The Morgan fingerprint density at radius 1 is 1.19 bits per heavy atom. The Labute approximate surface area is 128 Å². The number of allylic oxidation sites excluding steroid dienone is 4. The molecule has 0 aromatic heterocycles. The smallest absolute Gasteiger partial charge is 0.175 e. The summed E-state index contributed by atoms with van der Waals surface area (Å²) >= 11 is 0. The highest BCUT2D eigenvalue weighted by molar-refractivity contribution is 7.90. The van der Waals surface area contributed by atoms with Gasteiger partial charge in [0.05, 0.1) is 4.90 Å². The van der Waals surface area contributed by atoms with Crippen LogP contribution in [0.1, 0.15) is 51.5 Å². The van der Waals surface area contributed by atoms with E-state index in [1.54, 1.807) is 12.1 Å². The van der Waals surface area contributed by atoms with Crippen LogP contribution in [0, 0.1) is 0 Å². The molecule has 1 aromatic carbocycles. The van der Waals surface area contributed by atoms with Gasteiger partial charge in [-0.05, 0) is 61.4 Å². The number of hydrogen-bond donors (Lipinski definition) is 0. The lowest BCUT2D eigenvalue weighted by Gasteiger charge is -2.09. The maximum atomic E-state index is 11.5. The molecule has 0 saturated carbocycles. The van der Waals surface area contributed by atoms with E-state index in [0.717, 1.165) is 19.3 Å². The third-order valence-electron chi connectivity index (χ3n) is 4.06. The second-order valence-corrected chi connectivity index (χ2v) is 7.80. The molecule has 0 saturated heterocycles. The first-order valence-corrected chi connectivity index (χ1v) is 9.52. The topological polar surface area (TPSA) is 34.1 Å². The molecule has 0 unspecified atom stereocenters. The summed E-state index contributed by atoms with van der Waals surface area (Å²) in [5.74, 6) is 0. The van der Waals surface area contributed by atoms with Gasteiger partial charge in [-0.2, -0.15) is 0 Å². The van der Waals surface area contributed by atoms with E-state index in [2.05, 4.69) is 19.9 Å². The molecule has 2 rings (SSSR count). The first-order chi connectivity index (χ1) is 9.93. The van der Waals surface area contributed by atoms with Crippen molar-refractivity contribution >= 4 is 15.4 Å². The molecule has 1 aliphatic carbocycles. The number of rotatable bonds is 5. The molecule has 21 heavy (non-hydrogen) atoms. The molecule has 2 nitrogen and oxygen atoms in total. The summed E-state index contributed by atoms with van der Waals surface area (Å²) < 4.78 is 23.1. The van der Waals surface area contributed by atoms with Gasteiger partial charge in [0, 0.05) is 6.26 Å². The Bertz CT molecular complexity index is 662. The van der Waals surface area contributed by atoms with Crippen molar-refractivity contribution in [1.82, 2.24) is 0 Å². The van der Waals surface area contributed by atoms with Gasteiger partial charge in [-0.15, -0.1) is 0 Å². The number of benzene rings is 1. The van der Waals surface area contributed by atoms with Crippen LogP contribution in [0.15, 0.2) is 46.4 Å². The van der Waals surface area contributed by atoms with E-state index in [1.807, 2.05) is 12.1 Å². The van der Waals surface area contributed by atoms with Crippen molar-refractivity contribution < 1.29 is 8.42 Å². The predicted molar refractivity (Wildman–Crippen MR) is 89.0 cm³/mol. The summed E-state index contributed by atoms with van der Waals surface area (Å²) in [7, 11) is -3.11. The molecule has 1 aromatic rings. The summed E-state index contributed by atoms with van der Waals surface area (Å²) in [6.07, 6.45) is 9.28. The van der Waals surface area contributed by atoms with Gasteiger partial charge in [-0.3, -0.25) is 0 Å². The molecule has 1 aliphatic rings. The van der Waals surface area contributed by atoms with Crippen LogP contribution < -0.4 is 0 Å². The first kappa shape index (κ1) is 16.0. The van der Waals surface area contributed by atoms with Crippen LogP contribution in [0.4, 0.5) is 0 Å². The van der Waals surface area contributed by atoms with Crippen molar-refractivity contribution in [3.63, 3.8) is 0 Å². The molecule has 114 valence electrons. The zero-order chi connectivity index (χ0) is 15.5. The van der Waals surface area contributed by atoms with E-state index < -0.39 is 9.84 Å². The van der Waals surface area contributed by atoms with Crippen LogP contribution >= 0.6 is 0 Å². The zero-order valence-corrected chi connectivity index (χ0v) is 14.0. The largest absolute Gasteiger partial charge is 0.224 e. The van der Waals surface area contributed by atoms with Crippen molar-refractivity contribution in [3.05, 3.63) is 47.1 Å². The standard InChI is InChI=1S/C18H24O2S/c1-4-5-7-14(2)17-8-6-9-18(17)15-10-12-16(13-11-15)21(3,19)20/h7,10-13H,4-6,8-9H2,1-3H3/b14-7+. The Balaban J connectivity index is 2.35. The molecular weight excluding hydrogens is 280 g/mol. The van der Waals surface area contributed by atoms with E-state index >= 15 is 0 Å². The molecule has 0 radical (unpaired) electrons. The highest BCUT2D eigenvalue weighted by Gasteiger charge is 2.17. The molecule has 0 spiro atoms. The predicted octanol–water partition coefficient (Wildman–Crippen LogP) is 4.77. The minimum absolute atomic E-state index is 0.393. The van der Waals surface area contributed by atoms with Gasteiger partial charge < -0.3 is 0 Å². The molecule has 3 heteroatoms. The van der Waals surface area contributed by atoms with Crippen LogP contribution in [-0.4, -0.2) is 14.7 Å². The fraction of sp³-hybridized carbons (Fsp3) is 0.444. The lowest BCUT2D eigenvalue weighted by atomic mass is 9.97. The van der Waals surface area contributed by atoms with Crippen molar-refractivity contribution in [2.75, 3.05) is 6.26 Å². The Morgan fingerprint density at radius 3 is 2.43 bits per heavy atom. The monoisotopic (exact) mass is 304 g/mol. The first-order valence-electron chi connectivity index (χ1n) is 7.63. The number of unbranched alkanes of at least 4 members (excludes halogenated alkanes) is 1. The molecule has 0 amide bonds. The van der Waals surface area contributed by atoms with Crippen LogP contribution in [0.3, 0.4) is 0 Å². The van der Waals surface area contributed by atoms with Crippen LogP contribution in [0.2, 0.25) is 0 Å². The third kappa shape index (κ3) is 3.85. The molecule has 0 N–H and O–H groups in total. The van der Waals surface area contributed by atoms with Crippen molar-refractivity contribution in [2.24, 2.45) is 0 Å². The molecular formula is C18H24O2S. The van der Waals surface area contributed by atoms with Crippen LogP contribution in [-0.2, 0) is 9.84 Å². The highest BCUT2D eigenvalue weighted by Crippen LogP contribution is 2.37. The second-order valence-electron chi connectivity index (χ2n) is 5.78. The van der Waals surface area contributed by atoms with Gasteiger partial charge in [-0.25, -0.2) is 8.42 Å². The van der Waals surface area contributed by atoms with E-state index in [0.29, 0.717) is 4.90 Å². The second kappa shape index (κ2) is 6.61. The van der Waals surface area contributed by atoms with Gasteiger partial charge in [0.15, 0.2) is 9.84 Å². The van der Waals surface area contributed by atoms with Gasteiger partial charge in [0.2, 0.25) is 0 Å². The SMILES string of the molecule is CCC/C=C(\C)C1=C(c2ccc(S(C)(=O)=O)cc2)CCC1. The molecule has 0 atom stereocenters. The normalized spacial score (nSPS) is 16.6. The quantitative estimate of drug-likeness (QED) is 0.785. The maximum Gasteiger partial charge on any atom is 0.175 e. The van der Waals surface area contributed by atoms with Gasteiger partial charge >= 0.3 is 0 Å². The fourth-order valence-corrected chi connectivity index (χ4v) is 3.52. The van der Waals surface area contributed by atoms with E-state index in [4.69, 9.17) is 0 Å². The Hall–Kier alpha value is -1.35. The molecule has 0 fully saturated rings. The maximum absolute atomic E-state index is 11.5. The van der Waals surface area contributed by atoms with Crippen molar-refractivity contribution in [2.45, 2.75) is 50.8 Å². The average Bonchev–Trinajstić information content (AvgIpc) is 2.93. The van der Waals surface area contributed by atoms with E-state index in [9.17, 15) is 8.42 Å². The fourth-order valence-electron chi connectivity index (χ4n) is 2.88. The summed E-state index contributed by atoms with van der Waals surface area (Å²) in [5.41, 5.74) is 5.39. The van der Waals surface area contributed by atoms with Gasteiger partial charge in [0.25, 0.3) is 0 Å². The van der Waals surface area contributed by atoms with Crippen LogP contribution in [0.5, 0.6) is 0 Å². The van der Waals surface area contributed by atoms with Gasteiger partial charge in [0.1, 0.15) is 0 Å².